The van der Waals surface area contributed by atoms with Gasteiger partial charge in [0.05, 0.1) is 13.2 Å². The Morgan fingerprint density at radius 1 is 1.33 bits per heavy atom. The summed E-state index contributed by atoms with van der Waals surface area (Å²) in [4.78, 5) is 13.9. The molecular weight excluding hydrogens is 228 g/mol. The maximum absolute atomic E-state index is 12.0. The summed E-state index contributed by atoms with van der Waals surface area (Å²) in [5, 5.41) is 11.9. The van der Waals surface area contributed by atoms with E-state index in [1.165, 1.54) is 0 Å². The molecule has 0 rings (SSSR count). The van der Waals surface area contributed by atoms with E-state index in [1.807, 2.05) is 25.7 Å². The van der Waals surface area contributed by atoms with Gasteiger partial charge in [-0.2, -0.15) is 0 Å². The van der Waals surface area contributed by atoms with Crippen LogP contribution in [0.3, 0.4) is 0 Å². The highest BCUT2D eigenvalue weighted by atomic mass is 16.3. The van der Waals surface area contributed by atoms with Crippen LogP contribution in [0.25, 0.3) is 0 Å². The zero-order valence-corrected chi connectivity index (χ0v) is 11.8. The minimum atomic E-state index is -0.534. The highest BCUT2D eigenvalue weighted by Gasteiger charge is 2.25. The number of hydrogen-bond donors (Lipinski definition) is 2. The van der Waals surface area contributed by atoms with E-state index in [-0.39, 0.29) is 19.1 Å². The van der Waals surface area contributed by atoms with Crippen molar-refractivity contribution in [3.05, 3.63) is 0 Å². The fraction of sp³-hybridized carbons (Fsp3) is 0.786. The summed E-state index contributed by atoms with van der Waals surface area (Å²) in [6, 6.07) is 0. The standard InChI is InChI=1S/C14H26N2O2/c1-5-9-16(10-11-17)12-13(18)15-14(6-2,7-3)8-4/h2,17H,5,7-12H2,1,3-4H3,(H,15,18). The van der Waals surface area contributed by atoms with Crippen LogP contribution < -0.4 is 5.32 Å². The molecule has 0 saturated carbocycles. The van der Waals surface area contributed by atoms with E-state index in [0.29, 0.717) is 6.54 Å². The summed E-state index contributed by atoms with van der Waals surface area (Å²) in [6.45, 7) is 7.67. The van der Waals surface area contributed by atoms with Gasteiger partial charge in [-0.05, 0) is 25.8 Å². The number of aliphatic hydroxyl groups is 1. The predicted octanol–water partition coefficient (Wildman–Crippen LogP) is 0.999. The Bertz CT molecular complexity index is 274. The first-order chi connectivity index (χ1) is 8.57. The second-order valence-corrected chi connectivity index (χ2v) is 4.48. The van der Waals surface area contributed by atoms with E-state index in [9.17, 15) is 4.79 Å². The van der Waals surface area contributed by atoms with Gasteiger partial charge in [-0.25, -0.2) is 0 Å². The zero-order valence-electron chi connectivity index (χ0n) is 11.8. The van der Waals surface area contributed by atoms with Crippen molar-refractivity contribution in [2.45, 2.75) is 45.6 Å². The second-order valence-electron chi connectivity index (χ2n) is 4.48. The molecule has 4 heteroatoms. The lowest BCUT2D eigenvalue weighted by Gasteiger charge is -2.29. The molecule has 0 atom stereocenters. The number of aliphatic hydroxyl groups excluding tert-OH is 1. The Balaban J connectivity index is 4.43. The molecule has 0 aromatic carbocycles. The number of carbonyl (C=O) groups excluding carboxylic acids is 1. The molecule has 0 unspecified atom stereocenters. The minimum absolute atomic E-state index is 0.0646. The maximum Gasteiger partial charge on any atom is 0.235 e. The normalized spacial score (nSPS) is 11.3. The smallest absolute Gasteiger partial charge is 0.235 e. The van der Waals surface area contributed by atoms with Crippen molar-refractivity contribution in [2.75, 3.05) is 26.2 Å². The molecule has 0 aromatic heterocycles. The molecule has 0 fully saturated rings. The monoisotopic (exact) mass is 254 g/mol. The highest BCUT2D eigenvalue weighted by molar-refractivity contribution is 5.79. The highest BCUT2D eigenvalue weighted by Crippen LogP contribution is 2.13. The average molecular weight is 254 g/mol. The van der Waals surface area contributed by atoms with Crippen LogP contribution in [-0.2, 0) is 4.79 Å². The number of carbonyl (C=O) groups is 1. The van der Waals surface area contributed by atoms with Gasteiger partial charge in [0.2, 0.25) is 5.91 Å². The number of rotatable bonds is 9. The van der Waals surface area contributed by atoms with Gasteiger partial charge in [-0.3, -0.25) is 9.69 Å². The Morgan fingerprint density at radius 3 is 2.33 bits per heavy atom. The first-order valence-electron chi connectivity index (χ1n) is 6.69. The van der Waals surface area contributed by atoms with Crippen molar-refractivity contribution >= 4 is 5.91 Å². The molecule has 0 bridgehead atoms. The third-order valence-corrected chi connectivity index (χ3v) is 3.19. The average Bonchev–Trinajstić information content (AvgIpc) is 2.37. The van der Waals surface area contributed by atoms with Crippen LogP contribution >= 0.6 is 0 Å². The topological polar surface area (TPSA) is 52.6 Å². The lowest BCUT2D eigenvalue weighted by Crippen LogP contribution is -2.50. The van der Waals surface area contributed by atoms with Crippen molar-refractivity contribution in [3.63, 3.8) is 0 Å². The second kappa shape index (κ2) is 8.96. The van der Waals surface area contributed by atoms with Crippen LogP contribution in [0, 0.1) is 12.3 Å². The molecule has 0 radical (unpaired) electrons. The van der Waals surface area contributed by atoms with Crippen LogP contribution in [-0.4, -0.2) is 47.7 Å². The molecule has 0 aliphatic carbocycles. The molecule has 18 heavy (non-hydrogen) atoms. The summed E-state index contributed by atoms with van der Waals surface area (Å²) in [5.74, 6) is 2.61. The van der Waals surface area contributed by atoms with Crippen molar-refractivity contribution in [2.24, 2.45) is 0 Å². The molecule has 104 valence electrons. The van der Waals surface area contributed by atoms with Crippen LogP contribution in [0.15, 0.2) is 0 Å². The first kappa shape index (κ1) is 16.9. The molecule has 0 saturated heterocycles. The third kappa shape index (κ3) is 5.52. The number of nitrogens with zero attached hydrogens (tertiary/aromatic N) is 1. The molecular formula is C14H26N2O2. The number of amides is 1. The van der Waals surface area contributed by atoms with Gasteiger partial charge < -0.3 is 10.4 Å². The first-order valence-corrected chi connectivity index (χ1v) is 6.69. The molecule has 0 spiro atoms. The number of hydrogen-bond acceptors (Lipinski definition) is 3. The van der Waals surface area contributed by atoms with Crippen LogP contribution in [0.2, 0.25) is 0 Å². The molecule has 0 aliphatic rings. The van der Waals surface area contributed by atoms with E-state index in [0.717, 1.165) is 25.8 Å². The van der Waals surface area contributed by atoms with E-state index in [1.54, 1.807) is 0 Å². The summed E-state index contributed by atoms with van der Waals surface area (Å²) < 4.78 is 0. The third-order valence-electron chi connectivity index (χ3n) is 3.19. The Hall–Kier alpha value is -1.05. The van der Waals surface area contributed by atoms with Crippen molar-refractivity contribution in [1.29, 1.82) is 0 Å². The minimum Gasteiger partial charge on any atom is -0.395 e. The van der Waals surface area contributed by atoms with Crippen LogP contribution in [0.1, 0.15) is 40.0 Å². The lowest BCUT2D eigenvalue weighted by atomic mass is 9.94. The summed E-state index contributed by atoms with van der Waals surface area (Å²) in [6.07, 6.45) is 7.90. The van der Waals surface area contributed by atoms with Gasteiger partial charge in [0.25, 0.3) is 0 Å². The Morgan fingerprint density at radius 2 is 1.94 bits per heavy atom. The lowest BCUT2D eigenvalue weighted by molar-refractivity contribution is -0.123. The molecule has 0 aromatic rings. The van der Waals surface area contributed by atoms with Crippen molar-refractivity contribution in [3.8, 4) is 12.3 Å². The fourth-order valence-electron chi connectivity index (χ4n) is 1.90. The van der Waals surface area contributed by atoms with Crippen LogP contribution in [0.4, 0.5) is 0 Å². The number of terminal acetylenes is 1. The van der Waals surface area contributed by atoms with Crippen molar-refractivity contribution < 1.29 is 9.90 Å². The van der Waals surface area contributed by atoms with Gasteiger partial charge in [0.1, 0.15) is 5.54 Å². The van der Waals surface area contributed by atoms with E-state index < -0.39 is 5.54 Å². The fourth-order valence-corrected chi connectivity index (χ4v) is 1.90. The van der Waals surface area contributed by atoms with Gasteiger partial charge in [-0.1, -0.05) is 26.7 Å². The molecule has 4 nitrogen and oxygen atoms in total. The van der Waals surface area contributed by atoms with Gasteiger partial charge in [0, 0.05) is 6.54 Å². The van der Waals surface area contributed by atoms with E-state index in [4.69, 9.17) is 11.5 Å². The predicted molar refractivity (Wildman–Crippen MR) is 74.1 cm³/mol. The van der Waals surface area contributed by atoms with E-state index in [2.05, 4.69) is 11.2 Å². The SMILES string of the molecule is C#CC(CC)(CC)NC(=O)CN(CCC)CCO. The summed E-state index contributed by atoms with van der Waals surface area (Å²) in [5.41, 5.74) is -0.534. The molecule has 1 amide bonds. The summed E-state index contributed by atoms with van der Waals surface area (Å²) in [7, 11) is 0. The van der Waals surface area contributed by atoms with E-state index >= 15 is 0 Å². The van der Waals surface area contributed by atoms with Gasteiger partial charge in [-0.15, -0.1) is 6.42 Å². The van der Waals surface area contributed by atoms with Crippen molar-refractivity contribution in [1.82, 2.24) is 10.2 Å². The molecule has 0 heterocycles. The maximum atomic E-state index is 12.0. The Labute approximate surface area is 111 Å². The quantitative estimate of drug-likeness (QED) is 0.604. The van der Waals surface area contributed by atoms with Crippen LogP contribution in [0.5, 0.6) is 0 Å². The zero-order chi connectivity index (χ0) is 14.0. The summed E-state index contributed by atoms with van der Waals surface area (Å²) >= 11 is 0. The molecule has 0 aliphatic heterocycles. The largest absolute Gasteiger partial charge is 0.395 e. The molecule has 2 N–H and O–H groups in total. The Kier molecular flexibility index (Phi) is 8.43. The number of nitrogens with one attached hydrogen (secondary N) is 1. The van der Waals surface area contributed by atoms with Gasteiger partial charge in [0.15, 0.2) is 0 Å². The van der Waals surface area contributed by atoms with Gasteiger partial charge >= 0.3 is 0 Å².